The molecule has 20 heavy (non-hydrogen) atoms. The molecule has 0 saturated carbocycles. The molecule has 0 spiro atoms. The van der Waals surface area contributed by atoms with Crippen molar-refractivity contribution in [1.29, 1.82) is 0 Å². The standard InChI is InChI=1S/C16H11ClN2S/c17-10-5-6-11-9(7-10)8-14-15(11)19-16(20-14)12-3-1-2-4-13(12)18/h1-7H,8,18H2. The molecule has 0 bridgehead atoms. The van der Waals surface area contributed by atoms with E-state index in [-0.39, 0.29) is 0 Å². The van der Waals surface area contributed by atoms with Gasteiger partial charge in [0, 0.05) is 33.1 Å². The van der Waals surface area contributed by atoms with Crippen molar-refractivity contribution >= 4 is 28.6 Å². The Bertz CT molecular complexity index is 823. The van der Waals surface area contributed by atoms with Gasteiger partial charge in [-0.3, -0.25) is 0 Å². The minimum atomic E-state index is 0.774. The predicted octanol–water partition coefficient (Wildman–Crippen LogP) is 4.62. The average molecular weight is 299 g/mol. The average Bonchev–Trinajstić information content (AvgIpc) is 2.96. The molecule has 2 N–H and O–H groups in total. The van der Waals surface area contributed by atoms with Crippen molar-refractivity contribution in [3.05, 3.63) is 57.9 Å². The zero-order valence-corrected chi connectivity index (χ0v) is 12.1. The van der Waals surface area contributed by atoms with E-state index in [0.29, 0.717) is 0 Å². The van der Waals surface area contributed by atoms with Crippen LogP contribution in [0.3, 0.4) is 0 Å². The van der Waals surface area contributed by atoms with Gasteiger partial charge in [-0.2, -0.15) is 0 Å². The highest BCUT2D eigenvalue weighted by molar-refractivity contribution is 7.15. The third-order valence-electron chi connectivity index (χ3n) is 3.56. The summed E-state index contributed by atoms with van der Waals surface area (Å²) in [6.45, 7) is 0. The summed E-state index contributed by atoms with van der Waals surface area (Å²) < 4.78 is 0. The fraction of sp³-hybridized carbons (Fsp3) is 0.0625. The van der Waals surface area contributed by atoms with Crippen molar-refractivity contribution in [2.24, 2.45) is 0 Å². The van der Waals surface area contributed by atoms with E-state index in [4.69, 9.17) is 22.3 Å². The lowest BCUT2D eigenvalue weighted by Crippen LogP contribution is -1.89. The molecule has 4 heteroatoms. The van der Waals surface area contributed by atoms with Gasteiger partial charge in [-0.15, -0.1) is 11.3 Å². The molecule has 1 aliphatic rings. The Morgan fingerprint density at radius 1 is 1.10 bits per heavy atom. The predicted molar refractivity (Wildman–Crippen MR) is 85.2 cm³/mol. The number of benzene rings is 2. The van der Waals surface area contributed by atoms with E-state index in [1.165, 1.54) is 16.0 Å². The molecule has 1 aliphatic carbocycles. The summed E-state index contributed by atoms with van der Waals surface area (Å²) in [5, 5.41) is 1.78. The number of nitrogen functional groups attached to an aromatic ring is 1. The van der Waals surface area contributed by atoms with Crippen molar-refractivity contribution in [2.45, 2.75) is 6.42 Å². The number of halogens is 1. The summed E-state index contributed by atoms with van der Waals surface area (Å²) in [7, 11) is 0. The van der Waals surface area contributed by atoms with Crippen LogP contribution < -0.4 is 5.73 Å². The maximum Gasteiger partial charge on any atom is 0.126 e. The molecule has 98 valence electrons. The first-order chi connectivity index (χ1) is 9.72. The minimum absolute atomic E-state index is 0.774. The fourth-order valence-corrected chi connectivity index (χ4v) is 3.94. The Balaban J connectivity index is 1.85. The first-order valence-electron chi connectivity index (χ1n) is 6.36. The maximum atomic E-state index is 6.05. The Hall–Kier alpha value is -1.84. The molecule has 0 aliphatic heterocycles. The number of nitrogens with zero attached hydrogens (tertiary/aromatic N) is 1. The van der Waals surface area contributed by atoms with Crippen molar-refractivity contribution in [3.63, 3.8) is 0 Å². The highest BCUT2D eigenvalue weighted by Crippen LogP contribution is 2.43. The first kappa shape index (κ1) is 11.9. The summed E-state index contributed by atoms with van der Waals surface area (Å²) in [5.41, 5.74) is 11.4. The van der Waals surface area contributed by atoms with Gasteiger partial charge in [-0.05, 0) is 29.8 Å². The lowest BCUT2D eigenvalue weighted by molar-refractivity contribution is 1.31. The summed E-state index contributed by atoms with van der Waals surface area (Å²) in [5.74, 6) is 0. The van der Waals surface area contributed by atoms with Crippen LogP contribution in [0.25, 0.3) is 21.8 Å². The topological polar surface area (TPSA) is 38.9 Å². The molecule has 0 amide bonds. The second-order valence-corrected chi connectivity index (χ2v) is 6.38. The van der Waals surface area contributed by atoms with Gasteiger partial charge in [-0.25, -0.2) is 4.98 Å². The smallest absolute Gasteiger partial charge is 0.126 e. The quantitative estimate of drug-likeness (QED) is 0.521. The molecule has 0 radical (unpaired) electrons. The van der Waals surface area contributed by atoms with Crippen LogP contribution in [0.2, 0.25) is 5.02 Å². The monoisotopic (exact) mass is 298 g/mol. The van der Waals surface area contributed by atoms with E-state index in [9.17, 15) is 0 Å². The third-order valence-corrected chi connectivity index (χ3v) is 4.89. The van der Waals surface area contributed by atoms with Gasteiger partial charge in [0.1, 0.15) is 5.01 Å². The molecule has 1 heterocycles. The number of para-hydroxylation sites is 1. The molecule has 4 rings (SSSR count). The number of thiazole rings is 1. The first-order valence-corrected chi connectivity index (χ1v) is 7.55. The van der Waals surface area contributed by atoms with Crippen molar-refractivity contribution in [3.8, 4) is 21.8 Å². The normalized spacial score (nSPS) is 12.2. The van der Waals surface area contributed by atoms with Crippen LogP contribution in [0.4, 0.5) is 5.69 Å². The van der Waals surface area contributed by atoms with Crippen LogP contribution in [0.5, 0.6) is 0 Å². The van der Waals surface area contributed by atoms with Crippen LogP contribution >= 0.6 is 22.9 Å². The second-order valence-electron chi connectivity index (χ2n) is 4.86. The molecule has 3 aromatic rings. The van der Waals surface area contributed by atoms with Crippen LogP contribution in [0.15, 0.2) is 42.5 Å². The van der Waals surface area contributed by atoms with Crippen molar-refractivity contribution in [2.75, 3.05) is 5.73 Å². The molecule has 1 aromatic heterocycles. The molecule has 0 fully saturated rings. The number of nitrogens with two attached hydrogens (primary N) is 1. The summed E-state index contributed by atoms with van der Waals surface area (Å²) in [6.07, 6.45) is 0.912. The molecular weight excluding hydrogens is 288 g/mol. The van der Waals surface area contributed by atoms with Crippen LogP contribution in [-0.2, 0) is 6.42 Å². The van der Waals surface area contributed by atoms with Crippen molar-refractivity contribution in [1.82, 2.24) is 4.98 Å². The van der Waals surface area contributed by atoms with Crippen LogP contribution in [0, 0.1) is 0 Å². The van der Waals surface area contributed by atoms with Crippen molar-refractivity contribution < 1.29 is 0 Å². The van der Waals surface area contributed by atoms with Gasteiger partial charge < -0.3 is 5.73 Å². The van der Waals surface area contributed by atoms with E-state index in [1.807, 2.05) is 36.4 Å². The zero-order chi connectivity index (χ0) is 13.7. The second kappa shape index (κ2) is 4.33. The number of fused-ring (bicyclic) bond motifs is 3. The number of rotatable bonds is 1. The Kier molecular flexibility index (Phi) is 2.59. The van der Waals surface area contributed by atoms with Crippen LogP contribution in [-0.4, -0.2) is 4.98 Å². The number of aromatic nitrogens is 1. The molecule has 2 aromatic carbocycles. The zero-order valence-electron chi connectivity index (χ0n) is 10.6. The third kappa shape index (κ3) is 1.74. The Morgan fingerprint density at radius 3 is 2.80 bits per heavy atom. The summed E-state index contributed by atoms with van der Waals surface area (Å²) in [4.78, 5) is 6.08. The highest BCUT2D eigenvalue weighted by Gasteiger charge is 2.24. The van der Waals surface area contributed by atoms with Gasteiger partial charge in [0.25, 0.3) is 0 Å². The van der Waals surface area contributed by atoms with E-state index < -0.39 is 0 Å². The largest absolute Gasteiger partial charge is 0.398 e. The Morgan fingerprint density at radius 2 is 1.95 bits per heavy atom. The Labute approximate surface area is 125 Å². The molecule has 0 atom stereocenters. The molecule has 0 saturated heterocycles. The highest BCUT2D eigenvalue weighted by atomic mass is 35.5. The summed E-state index contributed by atoms with van der Waals surface area (Å²) >= 11 is 7.77. The van der Waals surface area contributed by atoms with Gasteiger partial charge in [0.15, 0.2) is 0 Å². The lowest BCUT2D eigenvalue weighted by Gasteiger charge is -2.02. The summed E-state index contributed by atoms with van der Waals surface area (Å²) in [6, 6.07) is 13.9. The van der Waals surface area contributed by atoms with E-state index in [2.05, 4.69) is 6.07 Å². The van der Waals surface area contributed by atoms with E-state index in [1.54, 1.807) is 11.3 Å². The number of hydrogen-bond donors (Lipinski definition) is 1. The van der Waals surface area contributed by atoms with E-state index >= 15 is 0 Å². The van der Waals surface area contributed by atoms with Gasteiger partial charge in [0.2, 0.25) is 0 Å². The lowest BCUT2D eigenvalue weighted by atomic mass is 10.1. The van der Waals surface area contributed by atoms with Gasteiger partial charge in [-0.1, -0.05) is 29.8 Å². The fourth-order valence-electron chi connectivity index (χ4n) is 2.60. The minimum Gasteiger partial charge on any atom is -0.398 e. The molecule has 0 unspecified atom stereocenters. The van der Waals surface area contributed by atoms with Gasteiger partial charge >= 0.3 is 0 Å². The SMILES string of the molecule is Nc1ccccc1-c1nc2c(s1)Cc1cc(Cl)ccc1-2. The number of anilines is 1. The number of hydrogen-bond acceptors (Lipinski definition) is 3. The molecule has 2 nitrogen and oxygen atoms in total. The van der Waals surface area contributed by atoms with E-state index in [0.717, 1.165) is 33.4 Å². The molecular formula is C16H11ClN2S. The van der Waals surface area contributed by atoms with Crippen LogP contribution in [0.1, 0.15) is 10.4 Å². The van der Waals surface area contributed by atoms with Gasteiger partial charge in [0.05, 0.1) is 5.69 Å². The maximum absolute atomic E-state index is 6.05.